The number of rotatable bonds is 2. The molecule has 0 spiro atoms. The molecule has 3 rings (SSSR count). The fraction of sp³-hybridized carbons (Fsp3) is 0.188. The summed E-state index contributed by atoms with van der Waals surface area (Å²) in [6.07, 6.45) is -0.258. The summed E-state index contributed by atoms with van der Waals surface area (Å²) in [7, 11) is 0. The minimum Gasteiger partial charge on any atom is -0.472 e. The minimum absolute atomic E-state index is 0.0296. The molecule has 0 aromatic heterocycles. The highest BCUT2D eigenvalue weighted by Crippen LogP contribution is 2.31. The summed E-state index contributed by atoms with van der Waals surface area (Å²) >= 11 is 0. The van der Waals surface area contributed by atoms with Gasteiger partial charge in [0.2, 0.25) is 5.90 Å². The van der Waals surface area contributed by atoms with Gasteiger partial charge in [-0.15, -0.1) is 0 Å². The second-order valence-electron chi connectivity index (χ2n) is 4.71. The molecular formula is C16H13F2NO. The quantitative estimate of drug-likeness (QED) is 0.814. The molecule has 1 unspecified atom stereocenters. The van der Waals surface area contributed by atoms with Crippen LogP contribution in [0.15, 0.2) is 53.5 Å². The van der Waals surface area contributed by atoms with Crippen molar-refractivity contribution in [2.75, 3.05) is 0 Å². The molecule has 0 bridgehead atoms. The molecule has 0 saturated heterocycles. The Balaban J connectivity index is 2.01. The Labute approximate surface area is 115 Å². The Morgan fingerprint density at radius 3 is 2.25 bits per heavy atom. The maximum atomic E-state index is 13.8. The van der Waals surface area contributed by atoms with E-state index in [2.05, 4.69) is 4.99 Å². The molecule has 2 aromatic carbocycles. The van der Waals surface area contributed by atoms with Crippen LogP contribution in [0.4, 0.5) is 8.78 Å². The number of benzene rings is 2. The van der Waals surface area contributed by atoms with Crippen molar-refractivity contribution in [1.82, 2.24) is 0 Å². The molecule has 0 aliphatic carbocycles. The highest BCUT2D eigenvalue weighted by atomic mass is 19.1. The Kier molecular flexibility index (Phi) is 3.22. The molecule has 2 aromatic rings. The molecule has 2 atom stereocenters. The van der Waals surface area contributed by atoms with Gasteiger partial charge in [-0.3, -0.25) is 0 Å². The zero-order chi connectivity index (χ0) is 14.1. The van der Waals surface area contributed by atoms with Crippen molar-refractivity contribution in [2.45, 2.75) is 19.1 Å². The molecular weight excluding hydrogens is 260 g/mol. The lowest BCUT2D eigenvalue weighted by Gasteiger charge is -2.12. The normalized spacial score (nSPS) is 21.4. The van der Waals surface area contributed by atoms with E-state index >= 15 is 0 Å². The summed E-state index contributed by atoms with van der Waals surface area (Å²) in [4.78, 5) is 4.35. The molecule has 102 valence electrons. The lowest BCUT2D eigenvalue weighted by molar-refractivity contribution is 0.213. The van der Waals surface area contributed by atoms with E-state index in [-0.39, 0.29) is 23.6 Å². The third kappa shape index (κ3) is 2.18. The first-order chi connectivity index (χ1) is 9.66. The van der Waals surface area contributed by atoms with Crippen molar-refractivity contribution in [3.63, 3.8) is 0 Å². The highest BCUT2D eigenvalue weighted by Gasteiger charge is 2.31. The number of hydrogen-bond donors (Lipinski definition) is 0. The van der Waals surface area contributed by atoms with Gasteiger partial charge in [-0.2, -0.15) is 0 Å². The van der Waals surface area contributed by atoms with Crippen LogP contribution >= 0.6 is 0 Å². The van der Waals surface area contributed by atoms with Crippen LogP contribution in [-0.4, -0.2) is 12.0 Å². The van der Waals surface area contributed by atoms with E-state index in [0.717, 1.165) is 5.56 Å². The predicted octanol–water partition coefficient (Wildman–Crippen LogP) is 3.87. The van der Waals surface area contributed by atoms with Gasteiger partial charge in [-0.25, -0.2) is 13.8 Å². The smallest absolute Gasteiger partial charge is 0.223 e. The van der Waals surface area contributed by atoms with Crippen LogP contribution in [0, 0.1) is 11.6 Å². The number of halogens is 2. The van der Waals surface area contributed by atoms with E-state index in [4.69, 9.17) is 4.74 Å². The second kappa shape index (κ2) is 5.04. The van der Waals surface area contributed by atoms with Crippen LogP contribution in [0.3, 0.4) is 0 Å². The lowest BCUT2D eigenvalue weighted by atomic mass is 10.0. The topological polar surface area (TPSA) is 21.6 Å². The Morgan fingerprint density at radius 1 is 0.950 bits per heavy atom. The average molecular weight is 273 g/mol. The maximum absolute atomic E-state index is 13.8. The van der Waals surface area contributed by atoms with Gasteiger partial charge in [-0.05, 0) is 24.6 Å². The predicted molar refractivity (Wildman–Crippen MR) is 72.6 cm³/mol. The second-order valence-corrected chi connectivity index (χ2v) is 4.71. The van der Waals surface area contributed by atoms with Gasteiger partial charge < -0.3 is 4.74 Å². The van der Waals surface area contributed by atoms with Crippen molar-refractivity contribution >= 4 is 5.90 Å². The fourth-order valence-electron chi connectivity index (χ4n) is 2.32. The summed E-state index contributed by atoms with van der Waals surface area (Å²) in [5, 5.41) is 0. The molecule has 1 heterocycles. The van der Waals surface area contributed by atoms with Gasteiger partial charge in [0.05, 0.1) is 0 Å². The monoisotopic (exact) mass is 273 g/mol. The third-order valence-electron chi connectivity index (χ3n) is 3.32. The molecule has 0 amide bonds. The van der Waals surface area contributed by atoms with Gasteiger partial charge >= 0.3 is 0 Å². The van der Waals surface area contributed by atoms with Gasteiger partial charge in [0, 0.05) is 0 Å². The van der Waals surface area contributed by atoms with E-state index in [1.54, 1.807) is 0 Å². The summed E-state index contributed by atoms with van der Waals surface area (Å²) in [5.41, 5.74) is 0.768. The molecule has 1 aliphatic rings. The summed E-state index contributed by atoms with van der Waals surface area (Å²) < 4.78 is 33.1. The van der Waals surface area contributed by atoms with Crippen LogP contribution in [0.25, 0.3) is 0 Å². The summed E-state index contributed by atoms with van der Waals surface area (Å²) in [5.74, 6) is -1.30. The van der Waals surface area contributed by atoms with E-state index in [9.17, 15) is 8.78 Å². The van der Waals surface area contributed by atoms with Crippen LogP contribution in [0.1, 0.15) is 24.1 Å². The minimum atomic E-state index is -0.662. The van der Waals surface area contributed by atoms with Crippen molar-refractivity contribution < 1.29 is 13.5 Å². The molecule has 0 fully saturated rings. The van der Waals surface area contributed by atoms with Crippen LogP contribution in [0.2, 0.25) is 0 Å². The van der Waals surface area contributed by atoms with Gasteiger partial charge in [0.15, 0.2) is 0 Å². The molecule has 0 radical (unpaired) electrons. The van der Waals surface area contributed by atoms with Crippen LogP contribution in [-0.2, 0) is 4.74 Å². The van der Waals surface area contributed by atoms with Crippen LogP contribution in [0.5, 0.6) is 0 Å². The molecule has 0 N–H and O–H groups in total. The van der Waals surface area contributed by atoms with E-state index in [0.29, 0.717) is 0 Å². The molecule has 1 aliphatic heterocycles. The molecule has 0 saturated carbocycles. The average Bonchev–Trinajstić information content (AvgIpc) is 2.81. The third-order valence-corrected chi connectivity index (χ3v) is 3.32. The molecule has 20 heavy (non-hydrogen) atoms. The Hall–Kier alpha value is -2.23. The zero-order valence-corrected chi connectivity index (χ0v) is 10.9. The lowest BCUT2D eigenvalue weighted by Crippen LogP contribution is -2.14. The van der Waals surface area contributed by atoms with E-state index in [1.807, 2.05) is 37.3 Å². The first-order valence-electron chi connectivity index (χ1n) is 6.40. The largest absolute Gasteiger partial charge is 0.472 e. The first-order valence-corrected chi connectivity index (χ1v) is 6.40. The van der Waals surface area contributed by atoms with Crippen molar-refractivity contribution in [3.05, 3.63) is 71.3 Å². The molecule has 2 nitrogen and oxygen atoms in total. The van der Waals surface area contributed by atoms with Gasteiger partial charge in [0.1, 0.15) is 29.3 Å². The standard InChI is InChI=1S/C16H13F2NO/c1-10-15(11-6-3-2-4-7-11)19-16(20-10)14-12(17)8-5-9-13(14)18/h2-10,15H,1H3/t10-,15?/m1/s1. The summed E-state index contributed by atoms with van der Waals surface area (Å²) in [6.45, 7) is 1.84. The maximum Gasteiger partial charge on any atom is 0.223 e. The van der Waals surface area contributed by atoms with Crippen LogP contribution < -0.4 is 0 Å². The fourth-order valence-corrected chi connectivity index (χ4v) is 2.32. The highest BCUT2D eigenvalue weighted by molar-refractivity contribution is 5.96. The molecule has 4 heteroatoms. The Bertz CT molecular complexity index is 635. The van der Waals surface area contributed by atoms with Gasteiger partial charge in [0.25, 0.3) is 0 Å². The van der Waals surface area contributed by atoms with E-state index < -0.39 is 11.6 Å². The van der Waals surface area contributed by atoms with Gasteiger partial charge in [-0.1, -0.05) is 36.4 Å². The van der Waals surface area contributed by atoms with Crippen molar-refractivity contribution in [2.24, 2.45) is 4.99 Å². The number of hydrogen-bond acceptors (Lipinski definition) is 2. The van der Waals surface area contributed by atoms with Crippen molar-refractivity contribution in [3.8, 4) is 0 Å². The number of aliphatic imine (C=N–C) groups is 1. The van der Waals surface area contributed by atoms with Crippen molar-refractivity contribution in [1.29, 1.82) is 0 Å². The number of ether oxygens (including phenoxy) is 1. The van der Waals surface area contributed by atoms with E-state index in [1.165, 1.54) is 18.2 Å². The first kappa shape index (κ1) is 12.8. The summed E-state index contributed by atoms with van der Waals surface area (Å²) in [6, 6.07) is 13.0. The Morgan fingerprint density at radius 2 is 1.60 bits per heavy atom. The zero-order valence-electron chi connectivity index (χ0n) is 10.9. The SMILES string of the molecule is C[C@H]1OC(c2c(F)cccc2F)=NC1c1ccccc1. The number of nitrogens with zero attached hydrogens (tertiary/aromatic N) is 1.